The third kappa shape index (κ3) is 11.2. The van der Waals surface area contributed by atoms with E-state index in [2.05, 4.69) is 25.7 Å². The summed E-state index contributed by atoms with van der Waals surface area (Å²) in [5.74, 6) is 0. The fourth-order valence-corrected chi connectivity index (χ4v) is 3.36. The number of rotatable bonds is 16. The van der Waals surface area contributed by atoms with Gasteiger partial charge in [-0.1, -0.05) is 97.8 Å². The zero-order chi connectivity index (χ0) is 15.8. The smallest absolute Gasteiger partial charge is 0.0819 e. The molecule has 0 amide bonds. The summed E-state index contributed by atoms with van der Waals surface area (Å²) in [5.41, 5.74) is 0.637. The molecule has 0 aliphatic carbocycles. The van der Waals surface area contributed by atoms with Gasteiger partial charge in [-0.3, -0.25) is 5.26 Å². The van der Waals surface area contributed by atoms with E-state index in [0.29, 0.717) is 12.0 Å². The first-order valence-corrected chi connectivity index (χ1v) is 9.51. The molecule has 0 spiro atoms. The highest BCUT2D eigenvalue weighted by Gasteiger charge is 2.22. The predicted octanol–water partition coefficient (Wildman–Crippen LogP) is 6.98. The molecule has 0 aromatic carbocycles. The Bertz CT molecular complexity index is 191. The summed E-state index contributed by atoms with van der Waals surface area (Å²) in [6.45, 7) is 7.58. The van der Waals surface area contributed by atoms with Crippen LogP contribution < -0.4 is 0 Å². The van der Waals surface area contributed by atoms with Crippen molar-refractivity contribution in [2.24, 2.45) is 5.41 Å². The molecule has 128 valence electrons. The normalized spacial score (nSPS) is 12.0. The third-order valence-corrected chi connectivity index (χ3v) is 5.44. The van der Waals surface area contributed by atoms with Gasteiger partial charge in [-0.05, 0) is 18.3 Å². The van der Waals surface area contributed by atoms with E-state index in [1.54, 1.807) is 0 Å². The molecule has 0 heterocycles. The van der Waals surface area contributed by atoms with Crippen molar-refractivity contribution < 1.29 is 10.1 Å². The number of unbranched alkanes of at least 4 members (excludes halogenated alkanes) is 9. The van der Waals surface area contributed by atoms with Crippen molar-refractivity contribution in [1.82, 2.24) is 0 Å². The molecule has 0 unspecified atom stereocenters. The van der Waals surface area contributed by atoms with E-state index < -0.39 is 0 Å². The Kier molecular flexibility index (Phi) is 14.8. The zero-order valence-electron chi connectivity index (χ0n) is 15.0. The van der Waals surface area contributed by atoms with Crippen molar-refractivity contribution in [1.29, 1.82) is 0 Å². The second-order valence-electron chi connectivity index (χ2n) is 6.68. The van der Waals surface area contributed by atoms with Crippen LogP contribution in [0.2, 0.25) is 0 Å². The molecule has 0 aromatic rings. The Hall–Kier alpha value is -0.0800. The second-order valence-corrected chi connectivity index (χ2v) is 6.68. The van der Waals surface area contributed by atoms with Gasteiger partial charge in [-0.25, -0.2) is 4.89 Å². The minimum Gasteiger partial charge on any atom is -0.252 e. The fourth-order valence-electron chi connectivity index (χ4n) is 3.36. The highest BCUT2D eigenvalue weighted by Crippen LogP contribution is 2.36. The van der Waals surface area contributed by atoms with Gasteiger partial charge in [0.05, 0.1) is 6.61 Å². The van der Waals surface area contributed by atoms with E-state index in [-0.39, 0.29) is 0 Å². The van der Waals surface area contributed by atoms with Gasteiger partial charge < -0.3 is 0 Å². The molecule has 0 rings (SSSR count). The van der Waals surface area contributed by atoms with Crippen LogP contribution in [-0.4, -0.2) is 11.9 Å². The predicted molar refractivity (Wildman–Crippen MR) is 92.7 cm³/mol. The lowest BCUT2D eigenvalue weighted by Crippen LogP contribution is -2.17. The topological polar surface area (TPSA) is 29.5 Å². The molecule has 0 fully saturated rings. The van der Waals surface area contributed by atoms with Crippen molar-refractivity contribution in [3.63, 3.8) is 0 Å². The number of hydrogen-bond donors (Lipinski definition) is 1. The molecule has 0 radical (unpaired) electrons. The Balaban J connectivity index is 3.29. The van der Waals surface area contributed by atoms with Crippen molar-refractivity contribution in [2.45, 2.75) is 111 Å². The van der Waals surface area contributed by atoms with Gasteiger partial charge in [0.1, 0.15) is 0 Å². The van der Waals surface area contributed by atoms with Crippen molar-refractivity contribution >= 4 is 0 Å². The first-order chi connectivity index (χ1) is 10.2. The van der Waals surface area contributed by atoms with Gasteiger partial charge in [0.25, 0.3) is 0 Å². The summed E-state index contributed by atoms with van der Waals surface area (Å²) in [6.07, 6.45) is 18.8. The zero-order valence-corrected chi connectivity index (χ0v) is 15.0. The Morgan fingerprint density at radius 2 is 1.00 bits per heavy atom. The summed E-state index contributed by atoms with van der Waals surface area (Å²) in [7, 11) is 0. The van der Waals surface area contributed by atoms with E-state index in [0.717, 1.165) is 6.42 Å². The molecular weight excluding hydrogens is 260 g/mol. The summed E-state index contributed by atoms with van der Waals surface area (Å²) in [4.78, 5) is 4.07. The molecule has 0 aliphatic heterocycles. The van der Waals surface area contributed by atoms with Crippen LogP contribution in [0.15, 0.2) is 0 Å². The van der Waals surface area contributed by atoms with Crippen LogP contribution in [0.3, 0.4) is 0 Å². The van der Waals surface area contributed by atoms with Gasteiger partial charge in [0, 0.05) is 0 Å². The monoisotopic (exact) mass is 300 g/mol. The molecule has 0 aliphatic rings. The van der Waals surface area contributed by atoms with E-state index in [4.69, 9.17) is 5.26 Å². The third-order valence-electron chi connectivity index (χ3n) is 5.44. The average Bonchev–Trinajstić information content (AvgIpc) is 2.53. The molecule has 21 heavy (non-hydrogen) atoms. The summed E-state index contributed by atoms with van der Waals surface area (Å²) in [5, 5.41) is 8.21. The van der Waals surface area contributed by atoms with Crippen LogP contribution in [0.4, 0.5) is 0 Å². The molecule has 1 N–H and O–H groups in total. The van der Waals surface area contributed by atoms with Gasteiger partial charge in [0.15, 0.2) is 0 Å². The van der Waals surface area contributed by atoms with Crippen molar-refractivity contribution in [3.05, 3.63) is 0 Å². The van der Waals surface area contributed by atoms with Gasteiger partial charge >= 0.3 is 0 Å². The van der Waals surface area contributed by atoms with E-state index in [9.17, 15) is 0 Å². The van der Waals surface area contributed by atoms with Crippen LogP contribution in [0.5, 0.6) is 0 Å². The molecule has 0 saturated heterocycles. The maximum atomic E-state index is 8.21. The van der Waals surface area contributed by atoms with Gasteiger partial charge in [-0.2, -0.15) is 0 Å². The highest BCUT2D eigenvalue weighted by molar-refractivity contribution is 4.74. The quantitative estimate of drug-likeness (QED) is 0.189. The van der Waals surface area contributed by atoms with Crippen molar-refractivity contribution in [3.8, 4) is 0 Å². The molecule has 0 atom stereocenters. The lowest BCUT2D eigenvalue weighted by Gasteiger charge is -2.30. The van der Waals surface area contributed by atoms with Gasteiger partial charge in [-0.15, -0.1) is 0 Å². The first-order valence-electron chi connectivity index (χ1n) is 9.51. The minimum atomic E-state index is 0.495. The van der Waals surface area contributed by atoms with Crippen LogP contribution in [-0.2, 0) is 4.89 Å². The molecule has 0 aromatic heterocycles. The van der Waals surface area contributed by atoms with Crippen molar-refractivity contribution in [2.75, 3.05) is 6.61 Å². The lowest BCUT2D eigenvalue weighted by atomic mass is 9.75. The molecule has 2 nitrogen and oxygen atoms in total. The first kappa shape index (κ1) is 20.9. The van der Waals surface area contributed by atoms with Crippen LogP contribution in [0.1, 0.15) is 111 Å². The lowest BCUT2D eigenvalue weighted by molar-refractivity contribution is -0.242. The Labute approximate surface area is 133 Å². The van der Waals surface area contributed by atoms with E-state index in [1.165, 1.54) is 83.5 Å². The molecule has 0 bridgehead atoms. The average molecular weight is 301 g/mol. The molecular formula is C19H40O2. The fraction of sp³-hybridized carbons (Fsp3) is 1.00. The van der Waals surface area contributed by atoms with Crippen LogP contribution in [0.25, 0.3) is 0 Å². The summed E-state index contributed by atoms with van der Waals surface area (Å²) < 4.78 is 0. The van der Waals surface area contributed by atoms with Crippen LogP contribution >= 0.6 is 0 Å². The molecule has 2 heteroatoms. The van der Waals surface area contributed by atoms with Gasteiger partial charge in [0.2, 0.25) is 0 Å². The summed E-state index contributed by atoms with van der Waals surface area (Å²) in [6, 6.07) is 0. The summed E-state index contributed by atoms with van der Waals surface area (Å²) >= 11 is 0. The largest absolute Gasteiger partial charge is 0.252 e. The Morgan fingerprint density at radius 3 is 1.38 bits per heavy atom. The molecule has 0 saturated carbocycles. The van der Waals surface area contributed by atoms with E-state index in [1.807, 2.05) is 0 Å². The maximum Gasteiger partial charge on any atom is 0.0819 e. The van der Waals surface area contributed by atoms with Crippen LogP contribution in [0, 0.1) is 5.41 Å². The Morgan fingerprint density at radius 1 is 0.619 bits per heavy atom. The number of hydrogen-bond acceptors (Lipinski definition) is 2. The maximum absolute atomic E-state index is 8.21. The minimum absolute atomic E-state index is 0.495. The highest BCUT2D eigenvalue weighted by atomic mass is 17.1. The standard InChI is InChI=1S/C19H40O2/c1-4-19(5-2,6-3)17-15-13-11-9-7-8-10-12-14-16-18-21-20/h20H,4-18H2,1-3H3. The van der Waals surface area contributed by atoms with E-state index >= 15 is 0 Å². The SMILES string of the molecule is CCC(CC)(CC)CCCCCCCCCCCCOO. The second kappa shape index (κ2) is 14.8.